The lowest BCUT2D eigenvalue weighted by Gasteiger charge is -2.05. The maximum Gasteiger partial charge on any atom is 0.307 e. The summed E-state index contributed by atoms with van der Waals surface area (Å²) in [6.45, 7) is 1.08. The number of nitrogens with zero attached hydrogens (tertiary/aromatic N) is 3. The number of hydrogen-bond donors (Lipinski definition) is 1. The molecule has 0 aliphatic rings. The minimum absolute atomic E-state index is 0.0432. The van der Waals surface area contributed by atoms with Gasteiger partial charge in [-0.15, -0.1) is 0 Å². The summed E-state index contributed by atoms with van der Waals surface area (Å²) >= 11 is 1.01. The highest BCUT2D eigenvalue weighted by Gasteiger charge is 2.23. The molecule has 0 amide bonds. The Balaban J connectivity index is 3.45. The zero-order valence-corrected chi connectivity index (χ0v) is 10.7. The van der Waals surface area contributed by atoms with Crippen molar-refractivity contribution in [3.05, 3.63) is 33.4 Å². The molecular formula is C10H8F2N4O2S. The summed E-state index contributed by atoms with van der Waals surface area (Å²) in [6, 6.07) is 0.687. The van der Waals surface area contributed by atoms with Gasteiger partial charge in [0.1, 0.15) is 5.69 Å². The van der Waals surface area contributed by atoms with Gasteiger partial charge in [-0.05, 0) is 13.2 Å². The van der Waals surface area contributed by atoms with Gasteiger partial charge in [-0.1, -0.05) is 11.8 Å². The number of nitro groups is 1. The summed E-state index contributed by atoms with van der Waals surface area (Å²) in [5, 5.41) is 21.3. The number of nitro benzene ring substituents is 1. The molecule has 0 aliphatic carbocycles. The second-order valence-electron chi connectivity index (χ2n) is 3.28. The second-order valence-corrected chi connectivity index (χ2v) is 4.08. The number of benzene rings is 1. The van der Waals surface area contributed by atoms with Crippen LogP contribution < -0.4 is 5.32 Å². The lowest BCUT2D eigenvalue weighted by Crippen LogP contribution is -2.12. The largest absolute Gasteiger partial charge is 0.307 e. The maximum absolute atomic E-state index is 13.8. The van der Waals surface area contributed by atoms with Crippen LogP contribution in [0.2, 0.25) is 0 Å². The molecule has 0 saturated carbocycles. The molecule has 100 valence electrons. The first-order valence-corrected chi connectivity index (χ1v) is 6.05. The Labute approximate surface area is 111 Å². The molecule has 0 radical (unpaired) electrons. The zero-order valence-electron chi connectivity index (χ0n) is 9.90. The normalized spacial score (nSPS) is 11.0. The molecule has 1 rings (SSSR count). The van der Waals surface area contributed by atoms with Gasteiger partial charge >= 0.3 is 5.69 Å². The SMILES string of the molecule is CSC(=Nc1cc([N+](=O)[O-])c(F)c(C)c1F)NC#N. The average Bonchev–Trinajstić information content (AvgIpc) is 2.38. The lowest BCUT2D eigenvalue weighted by atomic mass is 10.1. The Morgan fingerprint density at radius 3 is 2.68 bits per heavy atom. The van der Waals surface area contributed by atoms with Crippen molar-refractivity contribution in [3.8, 4) is 6.19 Å². The molecule has 0 fully saturated rings. The predicted molar refractivity (Wildman–Crippen MR) is 67.1 cm³/mol. The summed E-state index contributed by atoms with van der Waals surface area (Å²) < 4.78 is 27.2. The Morgan fingerprint density at radius 1 is 1.58 bits per heavy atom. The molecule has 0 aliphatic heterocycles. The molecule has 1 aromatic carbocycles. The van der Waals surface area contributed by atoms with E-state index >= 15 is 0 Å². The van der Waals surface area contributed by atoms with Crippen LogP contribution in [0.1, 0.15) is 5.56 Å². The number of halogens is 2. The number of nitrogens with one attached hydrogen (secondary N) is 1. The van der Waals surface area contributed by atoms with Gasteiger partial charge in [-0.25, -0.2) is 9.38 Å². The molecule has 0 bridgehead atoms. The van der Waals surface area contributed by atoms with E-state index in [1.54, 1.807) is 12.4 Å². The highest BCUT2D eigenvalue weighted by Crippen LogP contribution is 2.31. The third-order valence-corrected chi connectivity index (χ3v) is 2.74. The number of rotatable bonds is 2. The Kier molecular flexibility index (Phi) is 4.77. The molecule has 0 aromatic heterocycles. The molecule has 0 atom stereocenters. The number of thioether (sulfide) groups is 1. The van der Waals surface area contributed by atoms with E-state index in [1.807, 2.05) is 0 Å². The third kappa shape index (κ3) is 3.17. The fourth-order valence-corrected chi connectivity index (χ4v) is 1.57. The van der Waals surface area contributed by atoms with Crippen molar-refractivity contribution in [2.75, 3.05) is 6.26 Å². The maximum atomic E-state index is 13.8. The van der Waals surface area contributed by atoms with Crippen LogP contribution in [-0.2, 0) is 0 Å². The highest BCUT2D eigenvalue weighted by atomic mass is 32.2. The van der Waals surface area contributed by atoms with Crippen molar-refractivity contribution in [1.29, 1.82) is 5.26 Å². The molecule has 0 saturated heterocycles. The third-order valence-electron chi connectivity index (χ3n) is 2.16. The van der Waals surface area contributed by atoms with Crippen LogP contribution in [0.25, 0.3) is 0 Å². The molecule has 0 unspecified atom stereocenters. The summed E-state index contributed by atoms with van der Waals surface area (Å²) in [5.41, 5.74) is -1.77. The van der Waals surface area contributed by atoms with E-state index in [1.165, 1.54) is 0 Å². The lowest BCUT2D eigenvalue weighted by molar-refractivity contribution is -0.387. The van der Waals surface area contributed by atoms with Crippen molar-refractivity contribution < 1.29 is 13.7 Å². The van der Waals surface area contributed by atoms with E-state index in [4.69, 9.17) is 5.26 Å². The van der Waals surface area contributed by atoms with Crippen LogP contribution in [-0.4, -0.2) is 16.3 Å². The van der Waals surface area contributed by atoms with Gasteiger partial charge in [0.15, 0.2) is 17.2 Å². The Bertz CT molecular complexity index is 598. The first-order valence-electron chi connectivity index (χ1n) is 4.83. The molecule has 6 nitrogen and oxygen atoms in total. The van der Waals surface area contributed by atoms with Crippen molar-refractivity contribution >= 4 is 28.3 Å². The molecule has 0 spiro atoms. The average molecular weight is 286 g/mol. The van der Waals surface area contributed by atoms with Gasteiger partial charge in [-0.2, -0.15) is 9.65 Å². The van der Waals surface area contributed by atoms with E-state index in [0.717, 1.165) is 18.7 Å². The number of nitriles is 1. The first-order chi connectivity index (χ1) is 8.92. The molecular weight excluding hydrogens is 278 g/mol. The van der Waals surface area contributed by atoms with Crippen LogP contribution >= 0.6 is 11.8 Å². The number of aliphatic imine (C=N–C) groups is 1. The monoisotopic (exact) mass is 286 g/mol. The van der Waals surface area contributed by atoms with E-state index in [-0.39, 0.29) is 5.17 Å². The van der Waals surface area contributed by atoms with Gasteiger partial charge in [0.25, 0.3) is 0 Å². The van der Waals surface area contributed by atoms with Crippen LogP contribution in [0, 0.1) is 40.1 Å². The molecule has 1 N–H and O–H groups in total. The summed E-state index contributed by atoms with van der Waals surface area (Å²) in [6.07, 6.45) is 3.17. The molecule has 1 aromatic rings. The smallest absolute Gasteiger partial charge is 0.271 e. The fraction of sp³-hybridized carbons (Fsp3) is 0.200. The van der Waals surface area contributed by atoms with Gasteiger partial charge < -0.3 is 0 Å². The van der Waals surface area contributed by atoms with Gasteiger partial charge in [0, 0.05) is 11.6 Å². The predicted octanol–water partition coefficient (Wildman–Crippen LogP) is 2.60. The topological polar surface area (TPSA) is 91.3 Å². The minimum Gasteiger partial charge on any atom is -0.271 e. The Morgan fingerprint density at radius 2 is 2.21 bits per heavy atom. The van der Waals surface area contributed by atoms with E-state index in [0.29, 0.717) is 6.07 Å². The van der Waals surface area contributed by atoms with Crippen LogP contribution in [0.5, 0.6) is 0 Å². The highest BCUT2D eigenvalue weighted by molar-refractivity contribution is 8.13. The first kappa shape index (κ1) is 14.8. The van der Waals surface area contributed by atoms with E-state index in [9.17, 15) is 18.9 Å². The quantitative estimate of drug-likeness (QED) is 0.225. The molecule has 0 heterocycles. The summed E-state index contributed by atoms with van der Waals surface area (Å²) in [5.74, 6) is -2.24. The Hall–Kier alpha value is -2.21. The van der Waals surface area contributed by atoms with Crippen molar-refractivity contribution in [3.63, 3.8) is 0 Å². The molecule has 9 heteroatoms. The van der Waals surface area contributed by atoms with Crippen molar-refractivity contribution in [2.45, 2.75) is 6.92 Å². The van der Waals surface area contributed by atoms with Crippen molar-refractivity contribution in [2.24, 2.45) is 4.99 Å². The van der Waals surface area contributed by atoms with E-state index in [2.05, 4.69) is 10.3 Å². The summed E-state index contributed by atoms with van der Waals surface area (Å²) in [7, 11) is 0. The standard InChI is InChI=1S/C10H8F2N4O2S/c1-5-8(11)6(15-10(19-2)14-4-13)3-7(9(5)12)16(17)18/h3H,1-2H3,(H,14,15). The fourth-order valence-electron chi connectivity index (χ4n) is 1.23. The second kappa shape index (κ2) is 6.10. The number of hydrogen-bond acceptors (Lipinski definition) is 5. The van der Waals surface area contributed by atoms with Crippen LogP contribution in [0.4, 0.5) is 20.2 Å². The van der Waals surface area contributed by atoms with Gasteiger partial charge in [0.2, 0.25) is 5.82 Å². The van der Waals surface area contributed by atoms with Gasteiger partial charge in [0.05, 0.1) is 4.92 Å². The van der Waals surface area contributed by atoms with Crippen molar-refractivity contribution in [1.82, 2.24) is 5.32 Å². The van der Waals surface area contributed by atoms with E-state index < -0.39 is 33.5 Å². The molecule has 19 heavy (non-hydrogen) atoms. The zero-order chi connectivity index (χ0) is 14.6. The van der Waals surface area contributed by atoms with Gasteiger partial charge in [-0.3, -0.25) is 15.4 Å². The van der Waals surface area contributed by atoms with Crippen LogP contribution in [0.3, 0.4) is 0 Å². The summed E-state index contributed by atoms with van der Waals surface area (Å²) in [4.78, 5) is 13.4. The van der Waals surface area contributed by atoms with Crippen LogP contribution in [0.15, 0.2) is 11.1 Å². The minimum atomic E-state index is -1.24. The number of amidine groups is 1.